The Morgan fingerprint density at radius 3 is 2.15 bits per heavy atom. The van der Waals surface area contributed by atoms with Crippen molar-refractivity contribution >= 4 is 11.6 Å². The standard InChI is InChI=1S/C7H6ClF3N2/c8-4-6-5(3-7(9,10)11)12-1-2-13-6/h1-2H,3-4H2. The third-order valence-electron chi connectivity index (χ3n) is 1.35. The van der Waals surface area contributed by atoms with E-state index < -0.39 is 12.6 Å². The summed E-state index contributed by atoms with van der Waals surface area (Å²) in [6, 6.07) is 0. The van der Waals surface area contributed by atoms with Gasteiger partial charge >= 0.3 is 6.18 Å². The van der Waals surface area contributed by atoms with Crippen molar-refractivity contribution in [3.8, 4) is 0 Å². The lowest BCUT2D eigenvalue weighted by atomic mass is 10.2. The van der Waals surface area contributed by atoms with Gasteiger partial charge < -0.3 is 0 Å². The van der Waals surface area contributed by atoms with Gasteiger partial charge in [0.05, 0.1) is 23.7 Å². The Labute approximate surface area is 77.8 Å². The monoisotopic (exact) mass is 210 g/mol. The minimum Gasteiger partial charge on any atom is -0.257 e. The molecule has 0 unspecified atom stereocenters. The molecule has 1 rings (SSSR count). The minimum absolute atomic E-state index is 0.0563. The summed E-state index contributed by atoms with van der Waals surface area (Å²) in [5, 5.41) is 0. The van der Waals surface area contributed by atoms with E-state index in [1.807, 2.05) is 0 Å². The second kappa shape index (κ2) is 3.91. The predicted molar refractivity (Wildman–Crippen MR) is 41.3 cm³/mol. The lowest BCUT2D eigenvalue weighted by Crippen LogP contribution is -2.14. The van der Waals surface area contributed by atoms with Crippen LogP contribution in [0.4, 0.5) is 13.2 Å². The average molecular weight is 211 g/mol. The fourth-order valence-electron chi connectivity index (χ4n) is 0.845. The van der Waals surface area contributed by atoms with E-state index in [-0.39, 0.29) is 17.3 Å². The fourth-order valence-corrected chi connectivity index (χ4v) is 1.07. The molecule has 0 amide bonds. The number of halogens is 4. The van der Waals surface area contributed by atoms with E-state index in [0.29, 0.717) is 0 Å². The van der Waals surface area contributed by atoms with Crippen LogP contribution in [0.1, 0.15) is 11.4 Å². The molecule has 13 heavy (non-hydrogen) atoms. The second-order valence-corrected chi connectivity index (χ2v) is 2.64. The predicted octanol–water partition coefficient (Wildman–Crippen LogP) is 2.32. The van der Waals surface area contributed by atoms with Crippen molar-refractivity contribution in [3.63, 3.8) is 0 Å². The van der Waals surface area contributed by atoms with Crippen molar-refractivity contribution in [2.24, 2.45) is 0 Å². The van der Waals surface area contributed by atoms with Gasteiger partial charge in [-0.3, -0.25) is 9.97 Å². The highest BCUT2D eigenvalue weighted by molar-refractivity contribution is 6.16. The first-order valence-corrected chi connectivity index (χ1v) is 3.98. The molecule has 1 heterocycles. The van der Waals surface area contributed by atoms with Crippen LogP contribution in [0.3, 0.4) is 0 Å². The number of hydrogen-bond donors (Lipinski definition) is 0. The van der Waals surface area contributed by atoms with Crippen LogP contribution in [-0.2, 0) is 12.3 Å². The molecular formula is C7H6ClF3N2. The first kappa shape index (κ1) is 10.2. The highest BCUT2D eigenvalue weighted by Crippen LogP contribution is 2.21. The van der Waals surface area contributed by atoms with Gasteiger partial charge in [0.15, 0.2) is 0 Å². The van der Waals surface area contributed by atoms with Gasteiger partial charge in [-0.1, -0.05) is 0 Å². The van der Waals surface area contributed by atoms with Crippen molar-refractivity contribution in [1.29, 1.82) is 0 Å². The van der Waals surface area contributed by atoms with Gasteiger partial charge in [-0.2, -0.15) is 13.2 Å². The maximum Gasteiger partial charge on any atom is 0.394 e. The van der Waals surface area contributed by atoms with E-state index in [9.17, 15) is 13.2 Å². The molecule has 0 saturated carbocycles. The smallest absolute Gasteiger partial charge is 0.257 e. The Kier molecular flexibility index (Phi) is 3.08. The van der Waals surface area contributed by atoms with Gasteiger partial charge in [0.1, 0.15) is 0 Å². The molecule has 2 nitrogen and oxygen atoms in total. The molecule has 0 bridgehead atoms. The summed E-state index contributed by atoms with van der Waals surface area (Å²) < 4.78 is 35.8. The van der Waals surface area contributed by atoms with Gasteiger partial charge in [0.2, 0.25) is 0 Å². The van der Waals surface area contributed by atoms with Crippen LogP contribution in [0.25, 0.3) is 0 Å². The van der Waals surface area contributed by atoms with Gasteiger partial charge in [0, 0.05) is 12.4 Å². The summed E-state index contributed by atoms with van der Waals surface area (Å²) in [5.74, 6) is -0.0563. The first-order chi connectivity index (χ1) is 6.03. The van der Waals surface area contributed by atoms with Crippen LogP contribution in [0.2, 0.25) is 0 Å². The molecule has 0 aliphatic rings. The third-order valence-corrected chi connectivity index (χ3v) is 1.61. The minimum atomic E-state index is -4.27. The molecular weight excluding hydrogens is 205 g/mol. The Morgan fingerprint density at radius 1 is 1.15 bits per heavy atom. The van der Waals surface area contributed by atoms with Crippen LogP contribution in [-0.4, -0.2) is 16.1 Å². The average Bonchev–Trinajstić information content (AvgIpc) is 2.02. The third kappa shape index (κ3) is 3.18. The summed E-state index contributed by atoms with van der Waals surface area (Å²) in [7, 11) is 0. The highest BCUT2D eigenvalue weighted by atomic mass is 35.5. The van der Waals surface area contributed by atoms with E-state index in [0.717, 1.165) is 0 Å². The van der Waals surface area contributed by atoms with Crippen molar-refractivity contribution in [3.05, 3.63) is 23.8 Å². The summed E-state index contributed by atoms with van der Waals surface area (Å²) in [4.78, 5) is 7.25. The maximum absolute atomic E-state index is 11.9. The van der Waals surface area contributed by atoms with Crippen LogP contribution in [0.5, 0.6) is 0 Å². The number of alkyl halides is 4. The zero-order chi connectivity index (χ0) is 9.90. The molecule has 1 aromatic heterocycles. The Balaban J connectivity index is 2.87. The first-order valence-electron chi connectivity index (χ1n) is 3.44. The van der Waals surface area contributed by atoms with E-state index in [1.165, 1.54) is 12.4 Å². The molecule has 1 aromatic rings. The number of hydrogen-bond acceptors (Lipinski definition) is 2. The lowest BCUT2D eigenvalue weighted by molar-refractivity contribution is -0.128. The Bertz CT molecular complexity index is 287. The van der Waals surface area contributed by atoms with Crippen LogP contribution in [0, 0.1) is 0 Å². The summed E-state index contributed by atoms with van der Waals surface area (Å²) >= 11 is 5.39. The summed E-state index contributed by atoms with van der Waals surface area (Å²) in [6.07, 6.45) is -2.81. The molecule has 0 saturated heterocycles. The SMILES string of the molecule is FC(F)(F)Cc1nccnc1CCl. The lowest BCUT2D eigenvalue weighted by Gasteiger charge is -2.07. The fraction of sp³-hybridized carbons (Fsp3) is 0.429. The molecule has 72 valence electrons. The number of aromatic nitrogens is 2. The van der Waals surface area contributed by atoms with Crippen molar-refractivity contribution in [1.82, 2.24) is 9.97 Å². The van der Waals surface area contributed by atoms with Crippen LogP contribution >= 0.6 is 11.6 Å². The molecule has 0 spiro atoms. The number of nitrogens with zero attached hydrogens (tertiary/aromatic N) is 2. The number of rotatable bonds is 2. The van der Waals surface area contributed by atoms with Crippen molar-refractivity contribution in [2.45, 2.75) is 18.5 Å². The Hall–Kier alpha value is -0.840. The molecule has 0 atom stereocenters. The molecule has 0 aliphatic heterocycles. The van der Waals surface area contributed by atoms with E-state index in [4.69, 9.17) is 11.6 Å². The molecule has 0 fully saturated rings. The zero-order valence-corrected chi connectivity index (χ0v) is 7.23. The maximum atomic E-state index is 11.9. The van der Waals surface area contributed by atoms with Crippen molar-refractivity contribution < 1.29 is 13.2 Å². The summed E-state index contributed by atoms with van der Waals surface area (Å²) in [6.45, 7) is 0. The van der Waals surface area contributed by atoms with Crippen LogP contribution in [0.15, 0.2) is 12.4 Å². The highest BCUT2D eigenvalue weighted by Gasteiger charge is 2.29. The van der Waals surface area contributed by atoms with E-state index >= 15 is 0 Å². The molecule has 0 radical (unpaired) electrons. The van der Waals surface area contributed by atoms with Crippen molar-refractivity contribution in [2.75, 3.05) is 0 Å². The molecule has 0 N–H and O–H groups in total. The van der Waals surface area contributed by atoms with E-state index in [1.54, 1.807) is 0 Å². The topological polar surface area (TPSA) is 25.8 Å². The van der Waals surface area contributed by atoms with Gasteiger partial charge in [-0.15, -0.1) is 11.6 Å². The van der Waals surface area contributed by atoms with Crippen LogP contribution < -0.4 is 0 Å². The molecule has 0 aliphatic carbocycles. The second-order valence-electron chi connectivity index (χ2n) is 2.38. The largest absolute Gasteiger partial charge is 0.394 e. The molecule has 0 aromatic carbocycles. The Morgan fingerprint density at radius 2 is 1.69 bits per heavy atom. The molecule has 6 heteroatoms. The van der Waals surface area contributed by atoms with Gasteiger partial charge in [-0.25, -0.2) is 0 Å². The quantitative estimate of drug-likeness (QED) is 0.700. The zero-order valence-electron chi connectivity index (χ0n) is 6.48. The van der Waals surface area contributed by atoms with E-state index in [2.05, 4.69) is 9.97 Å². The van der Waals surface area contributed by atoms with Gasteiger partial charge in [0.25, 0.3) is 0 Å². The normalized spacial score (nSPS) is 11.7. The van der Waals surface area contributed by atoms with Gasteiger partial charge in [-0.05, 0) is 0 Å². The summed E-state index contributed by atoms with van der Waals surface area (Å²) in [5.41, 5.74) is 0.0755.